The zero-order chi connectivity index (χ0) is 17.6. The van der Waals surface area contributed by atoms with E-state index in [1.54, 1.807) is 24.4 Å². The fourth-order valence-electron chi connectivity index (χ4n) is 2.89. The molecule has 0 radical (unpaired) electrons. The summed E-state index contributed by atoms with van der Waals surface area (Å²) in [4.78, 5) is 30.2. The molecule has 2 heterocycles. The summed E-state index contributed by atoms with van der Waals surface area (Å²) in [6.45, 7) is 1.41. The first-order valence-electron chi connectivity index (χ1n) is 8.23. The van der Waals surface area contributed by atoms with Gasteiger partial charge in [-0.3, -0.25) is 14.6 Å². The Morgan fingerprint density at radius 3 is 2.60 bits per heavy atom. The van der Waals surface area contributed by atoms with Crippen LogP contribution in [0.4, 0.5) is 0 Å². The van der Waals surface area contributed by atoms with Crippen LogP contribution in [0.15, 0.2) is 48.8 Å². The smallest absolute Gasteiger partial charge is 0.225 e. The lowest BCUT2D eigenvalue weighted by Gasteiger charge is -2.17. The van der Waals surface area contributed by atoms with Crippen molar-refractivity contribution in [1.29, 1.82) is 0 Å². The van der Waals surface area contributed by atoms with Crippen molar-refractivity contribution in [3.63, 3.8) is 0 Å². The second kappa shape index (κ2) is 7.79. The first-order valence-corrected chi connectivity index (χ1v) is 8.23. The average Bonchev–Trinajstić information content (AvgIpc) is 3.02. The molecule has 6 nitrogen and oxygen atoms in total. The minimum atomic E-state index is -0.299. The number of carbonyl (C=O) groups excluding carboxylic acids is 2. The van der Waals surface area contributed by atoms with E-state index in [1.807, 2.05) is 36.4 Å². The third kappa shape index (κ3) is 4.35. The van der Waals surface area contributed by atoms with Crippen molar-refractivity contribution >= 4 is 11.8 Å². The van der Waals surface area contributed by atoms with Crippen LogP contribution in [0, 0.1) is 5.92 Å². The van der Waals surface area contributed by atoms with Crippen LogP contribution in [0.1, 0.15) is 17.5 Å². The average molecular weight is 339 g/mol. The molecule has 1 atom stereocenters. The summed E-state index contributed by atoms with van der Waals surface area (Å²) in [5, 5.41) is 2.90. The Morgan fingerprint density at radius 1 is 1.20 bits per heavy atom. The number of carbonyl (C=O) groups is 2. The first kappa shape index (κ1) is 17.0. The molecule has 0 aliphatic carbocycles. The molecule has 1 N–H and O–H groups in total. The van der Waals surface area contributed by atoms with E-state index in [9.17, 15) is 9.59 Å². The monoisotopic (exact) mass is 339 g/mol. The molecule has 25 heavy (non-hydrogen) atoms. The molecule has 1 aromatic carbocycles. The van der Waals surface area contributed by atoms with Crippen LogP contribution in [0.2, 0.25) is 0 Å². The standard InChI is InChI=1S/C19H21N3O3/c1-25-17-4-2-15(3-5-17)12-22-13-16(10-18(22)23)19(24)21-11-14-6-8-20-9-7-14/h2-9,16H,10-13H2,1H3,(H,21,24)/t16-/m0/s1. The number of benzene rings is 1. The molecule has 2 aromatic rings. The molecule has 1 aliphatic rings. The number of nitrogens with one attached hydrogen (secondary N) is 1. The van der Waals surface area contributed by atoms with Gasteiger partial charge in [-0.2, -0.15) is 0 Å². The number of aromatic nitrogens is 1. The van der Waals surface area contributed by atoms with E-state index in [0.717, 1.165) is 16.9 Å². The number of hydrogen-bond donors (Lipinski definition) is 1. The van der Waals surface area contributed by atoms with Gasteiger partial charge in [-0.05, 0) is 35.4 Å². The van der Waals surface area contributed by atoms with Gasteiger partial charge in [-0.15, -0.1) is 0 Å². The Balaban J connectivity index is 1.53. The van der Waals surface area contributed by atoms with Crippen LogP contribution in [-0.4, -0.2) is 35.4 Å². The van der Waals surface area contributed by atoms with Crippen LogP contribution < -0.4 is 10.1 Å². The van der Waals surface area contributed by atoms with Crippen molar-refractivity contribution < 1.29 is 14.3 Å². The predicted octanol–water partition coefficient (Wildman–Crippen LogP) is 1.76. The SMILES string of the molecule is COc1ccc(CN2C[C@@H](C(=O)NCc3ccncc3)CC2=O)cc1. The van der Waals surface area contributed by atoms with Gasteiger partial charge in [0.2, 0.25) is 11.8 Å². The van der Waals surface area contributed by atoms with Crippen molar-refractivity contribution in [3.8, 4) is 5.75 Å². The minimum absolute atomic E-state index is 0.0138. The Kier molecular flexibility index (Phi) is 5.28. The van der Waals surface area contributed by atoms with Crippen LogP contribution in [0.3, 0.4) is 0 Å². The van der Waals surface area contributed by atoms with Gasteiger partial charge in [-0.25, -0.2) is 0 Å². The van der Waals surface area contributed by atoms with Crippen LogP contribution >= 0.6 is 0 Å². The van der Waals surface area contributed by atoms with Crippen molar-refractivity contribution in [3.05, 3.63) is 59.9 Å². The van der Waals surface area contributed by atoms with E-state index in [0.29, 0.717) is 19.6 Å². The van der Waals surface area contributed by atoms with Crippen molar-refractivity contribution in [2.75, 3.05) is 13.7 Å². The summed E-state index contributed by atoms with van der Waals surface area (Å²) in [5.74, 6) is 0.416. The Hall–Kier alpha value is -2.89. The summed E-state index contributed by atoms with van der Waals surface area (Å²) in [7, 11) is 1.62. The van der Waals surface area contributed by atoms with Gasteiger partial charge >= 0.3 is 0 Å². The van der Waals surface area contributed by atoms with Gasteiger partial charge in [0.05, 0.1) is 13.0 Å². The molecule has 0 spiro atoms. The van der Waals surface area contributed by atoms with Gasteiger partial charge in [0.1, 0.15) is 5.75 Å². The fraction of sp³-hybridized carbons (Fsp3) is 0.316. The normalized spacial score (nSPS) is 16.8. The van der Waals surface area contributed by atoms with Gasteiger partial charge in [0, 0.05) is 38.4 Å². The molecule has 2 amide bonds. The second-order valence-electron chi connectivity index (χ2n) is 6.10. The molecule has 0 saturated carbocycles. The maximum atomic E-state index is 12.3. The lowest BCUT2D eigenvalue weighted by molar-refractivity contribution is -0.129. The number of methoxy groups -OCH3 is 1. The number of likely N-dealkylation sites (tertiary alicyclic amines) is 1. The van der Waals surface area contributed by atoms with E-state index in [1.165, 1.54) is 0 Å². The largest absolute Gasteiger partial charge is 0.497 e. The molecule has 3 rings (SSSR count). The molecular weight excluding hydrogens is 318 g/mol. The summed E-state index contributed by atoms with van der Waals surface area (Å²) in [6, 6.07) is 11.3. The highest BCUT2D eigenvalue weighted by atomic mass is 16.5. The number of rotatable bonds is 6. The summed E-state index contributed by atoms with van der Waals surface area (Å²) in [5.41, 5.74) is 2.01. The number of pyridine rings is 1. The maximum Gasteiger partial charge on any atom is 0.225 e. The highest BCUT2D eigenvalue weighted by Gasteiger charge is 2.34. The predicted molar refractivity (Wildman–Crippen MR) is 92.6 cm³/mol. The Bertz CT molecular complexity index is 731. The Morgan fingerprint density at radius 2 is 1.92 bits per heavy atom. The zero-order valence-corrected chi connectivity index (χ0v) is 14.1. The second-order valence-corrected chi connectivity index (χ2v) is 6.10. The highest BCUT2D eigenvalue weighted by molar-refractivity contribution is 5.89. The van der Waals surface area contributed by atoms with E-state index in [-0.39, 0.29) is 24.2 Å². The van der Waals surface area contributed by atoms with Gasteiger partial charge in [0.25, 0.3) is 0 Å². The molecule has 1 aromatic heterocycles. The summed E-state index contributed by atoms with van der Waals surface area (Å²) in [6.07, 6.45) is 3.65. The molecular formula is C19H21N3O3. The van der Waals surface area contributed by atoms with Gasteiger partial charge in [0.15, 0.2) is 0 Å². The van der Waals surface area contributed by atoms with Gasteiger partial charge < -0.3 is 15.0 Å². The lowest BCUT2D eigenvalue weighted by atomic mass is 10.1. The third-order valence-electron chi connectivity index (χ3n) is 4.33. The van der Waals surface area contributed by atoms with Crippen LogP contribution in [0.5, 0.6) is 5.75 Å². The fourth-order valence-corrected chi connectivity index (χ4v) is 2.89. The Labute approximate surface area is 146 Å². The van der Waals surface area contributed by atoms with Gasteiger partial charge in [-0.1, -0.05) is 12.1 Å². The van der Waals surface area contributed by atoms with E-state index in [4.69, 9.17) is 4.74 Å². The van der Waals surface area contributed by atoms with E-state index in [2.05, 4.69) is 10.3 Å². The van der Waals surface area contributed by atoms with E-state index < -0.39 is 0 Å². The van der Waals surface area contributed by atoms with E-state index >= 15 is 0 Å². The molecule has 1 aliphatic heterocycles. The third-order valence-corrected chi connectivity index (χ3v) is 4.33. The molecule has 130 valence electrons. The van der Waals surface area contributed by atoms with Crippen LogP contribution in [-0.2, 0) is 22.7 Å². The lowest BCUT2D eigenvalue weighted by Crippen LogP contribution is -2.32. The topological polar surface area (TPSA) is 71.5 Å². The maximum absolute atomic E-state index is 12.3. The number of hydrogen-bond acceptors (Lipinski definition) is 4. The van der Waals surface area contributed by atoms with Crippen molar-refractivity contribution in [2.45, 2.75) is 19.5 Å². The summed E-state index contributed by atoms with van der Waals surface area (Å²) >= 11 is 0. The van der Waals surface area contributed by atoms with Crippen molar-refractivity contribution in [1.82, 2.24) is 15.2 Å². The minimum Gasteiger partial charge on any atom is -0.497 e. The van der Waals surface area contributed by atoms with Crippen molar-refractivity contribution in [2.24, 2.45) is 5.92 Å². The molecule has 0 bridgehead atoms. The zero-order valence-electron chi connectivity index (χ0n) is 14.1. The molecule has 1 fully saturated rings. The number of amides is 2. The number of nitrogens with zero attached hydrogens (tertiary/aromatic N) is 2. The number of ether oxygens (including phenoxy) is 1. The highest BCUT2D eigenvalue weighted by Crippen LogP contribution is 2.21. The summed E-state index contributed by atoms with van der Waals surface area (Å²) < 4.78 is 5.13. The van der Waals surface area contributed by atoms with Crippen LogP contribution in [0.25, 0.3) is 0 Å². The molecule has 1 saturated heterocycles. The quantitative estimate of drug-likeness (QED) is 0.870. The first-order chi connectivity index (χ1) is 12.2. The molecule has 6 heteroatoms. The molecule has 0 unspecified atom stereocenters.